The highest BCUT2D eigenvalue weighted by molar-refractivity contribution is 8.00. The van der Waals surface area contributed by atoms with E-state index in [4.69, 9.17) is 0 Å². The maximum absolute atomic E-state index is 12.5. The van der Waals surface area contributed by atoms with Crippen molar-refractivity contribution in [1.29, 1.82) is 0 Å². The van der Waals surface area contributed by atoms with Crippen molar-refractivity contribution in [2.45, 2.75) is 63.4 Å². The second kappa shape index (κ2) is 6.97. The molecule has 24 heavy (non-hydrogen) atoms. The minimum Gasteiger partial charge on any atom is -0.325 e. The second-order valence-corrected chi connectivity index (χ2v) is 7.73. The first kappa shape index (κ1) is 17.0. The van der Waals surface area contributed by atoms with Gasteiger partial charge in [0.1, 0.15) is 5.82 Å². The van der Waals surface area contributed by atoms with Crippen molar-refractivity contribution in [3.63, 3.8) is 0 Å². The predicted octanol–water partition coefficient (Wildman–Crippen LogP) is 3.91. The lowest BCUT2D eigenvalue weighted by molar-refractivity contribution is -0.115. The van der Waals surface area contributed by atoms with E-state index in [0.29, 0.717) is 5.92 Å². The van der Waals surface area contributed by atoms with Crippen molar-refractivity contribution < 1.29 is 4.79 Å². The summed E-state index contributed by atoms with van der Waals surface area (Å²) in [5, 5.41) is 12.3. The van der Waals surface area contributed by atoms with Crippen LogP contribution in [0.3, 0.4) is 0 Å². The zero-order valence-corrected chi connectivity index (χ0v) is 15.5. The molecule has 2 aromatic rings. The Morgan fingerprint density at radius 2 is 2.12 bits per heavy atom. The lowest BCUT2D eigenvalue weighted by atomic mass is 10.1. The average Bonchev–Trinajstić information content (AvgIpc) is 3.31. The molecule has 0 saturated heterocycles. The van der Waals surface area contributed by atoms with E-state index in [1.807, 2.05) is 32.9 Å². The van der Waals surface area contributed by atoms with Crippen LogP contribution in [-0.2, 0) is 11.3 Å². The van der Waals surface area contributed by atoms with Crippen LogP contribution in [0.4, 0.5) is 5.69 Å². The molecule has 1 heterocycles. The minimum atomic E-state index is -0.229. The summed E-state index contributed by atoms with van der Waals surface area (Å²) in [6, 6.07) is 6.04. The SMILES string of the molecule is CCn1c(SC(C)C(=O)Nc2ccc(C)cc2C)nnc1C1CC1. The first-order valence-corrected chi connectivity index (χ1v) is 9.35. The van der Waals surface area contributed by atoms with E-state index < -0.39 is 0 Å². The fraction of sp³-hybridized carbons (Fsp3) is 0.500. The Morgan fingerprint density at radius 3 is 2.75 bits per heavy atom. The summed E-state index contributed by atoms with van der Waals surface area (Å²) in [4.78, 5) is 12.5. The molecule has 0 aliphatic heterocycles. The van der Waals surface area contributed by atoms with Gasteiger partial charge in [-0.1, -0.05) is 29.5 Å². The molecule has 3 rings (SSSR count). The number of carbonyl (C=O) groups excluding carboxylic acids is 1. The first-order valence-electron chi connectivity index (χ1n) is 8.47. The highest BCUT2D eigenvalue weighted by Gasteiger charge is 2.30. The Labute approximate surface area is 147 Å². The number of benzene rings is 1. The van der Waals surface area contributed by atoms with Crippen LogP contribution in [0, 0.1) is 13.8 Å². The quantitative estimate of drug-likeness (QED) is 0.807. The number of hydrogen-bond donors (Lipinski definition) is 1. The normalized spacial score (nSPS) is 15.3. The topological polar surface area (TPSA) is 59.8 Å². The summed E-state index contributed by atoms with van der Waals surface area (Å²) >= 11 is 1.47. The molecule has 1 unspecified atom stereocenters. The number of anilines is 1. The zero-order chi connectivity index (χ0) is 17.3. The second-order valence-electron chi connectivity index (χ2n) is 6.43. The third-order valence-electron chi connectivity index (χ3n) is 4.30. The minimum absolute atomic E-state index is 0.00872. The van der Waals surface area contributed by atoms with E-state index in [0.717, 1.165) is 28.8 Å². The van der Waals surface area contributed by atoms with Gasteiger partial charge in [-0.2, -0.15) is 0 Å². The van der Waals surface area contributed by atoms with E-state index in [1.165, 1.54) is 30.2 Å². The fourth-order valence-corrected chi connectivity index (χ4v) is 3.65. The van der Waals surface area contributed by atoms with Crippen LogP contribution in [0.2, 0.25) is 0 Å². The molecule has 1 aromatic carbocycles. The molecule has 128 valence electrons. The molecule has 0 spiro atoms. The van der Waals surface area contributed by atoms with Gasteiger partial charge in [0.05, 0.1) is 5.25 Å². The molecule has 6 heteroatoms. The van der Waals surface area contributed by atoms with Gasteiger partial charge in [0.25, 0.3) is 0 Å². The Hall–Kier alpha value is -1.82. The molecule has 1 amide bonds. The summed E-state index contributed by atoms with van der Waals surface area (Å²) in [5.41, 5.74) is 3.14. The highest BCUT2D eigenvalue weighted by atomic mass is 32.2. The molecule has 0 bridgehead atoms. The van der Waals surface area contributed by atoms with E-state index in [1.54, 1.807) is 0 Å². The Morgan fingerprint density at radius 1 is 1.38 bits per heavy atom. The van der Waals surface area contributed by atoms with E-state index in [2.05, 4.69) is 33.1 Å². The number of nitrogens with one attached hydrogen (secondary N) is 1. The molecule has 0 radical (unpaired) electrons. The van der Waals surface area contributed by atoms with Gasteiger partial charge >= 0.3 is 0 Å². The van der Waals surface area contributed by atoms with Crippen LogP contribution in [-0.4, -0.2) is 25.9 Å². The first-order chi connectivity index (χ1) is 11.5. The molecule has 5 nitrogen and oxygen atoms in total. The number of rotatable bonds is 6. The molecule has 1 aliphatic rings. The smallest absolute Gasteiger partial charge is 0.237 e. The van der Waals surface area contributed by atoms with Crippen molar-refractivity contribution in [2.24, 2.45) is 0 Å². The molecule has 1 aliphatic carbocycles. The van der Waals surface area contributed by atoms with Gasteiger partial charge in [0, 0.05) is 18.2 Å². The Kier molecular flexibility index (Phi) is 4.94. The zero-order valence-electron chi connectivity index (χ0n) is 14.7. The number of aryl methyl sites for hydroxylation is 2. The van der Waals surface area contributed by atoms with Crippen molar-refractivity contribution in [1.82, 2.24) is 14.8 Å². The van der Waals surface area contributed by atoms with Gasteiger partial charge in [-0.25, -0.2) is 0 Å². The van der Waals surface area contributed by atoms with Crippen LogP contribution in [0.5, 0.6) is 0 Å². The third kappa shape index (κ3) is 3.64. The predicted molar refractivity (Wildman–Crippen MR) is 97.5 cm³/mol. The Balaban J connectivity index is 1.68. The summed E-state index contributed by atoms with van der Waals surface area (Å²) in [6.07, 6.45) is 2.40. The largest absolute Gasteiger partial charge is 0.325 e. The molecule has 1 atom stereocenters. The van der Waals surface area contributed by atoms with Crippen LogP contribution in [0.1, 0.15) is 49.6 Å². The monoisotopic (exact) mass is 344 g/mol. The highest BCUT2D eigenvalue weighted by Crippen LogP contribution is 2.40. The number of nitrogens with zero attached hydrogens (tertiary/aromatic N) is 3. The maximum atomic E-state index is 12.5. The van der Waals surface area contributed by atoms with E-state index >= 15 is 0 Å². The summed E-state index contributed by atoms with van der Waals surface area (Å²) in [5.74, 6) is 1.62. The van der Waals surface area contributed by atoms with Gasteiger partial charge < -0.3 is 9.88 Å². The van der Waals surface area contributed by atoms with Crippen molar-refractivity contribution in [2.75, 3.05) is 5.32 Å². The standard InChI is InChI=1S/C18H24N4OS/c1-5-22-16(14-7-8-14)20-21-18(22)24-13(4)17(23)19-15-9-6-11(2)10-12(15)3/h6,9-10,13-14H,5,7-8H2,1-4H3,(H,19,23). The third-order valence-corrected chi connectivity index (χ3v) is 5.38. The fourth-order valence-electron chi connectivity index (χ4n) is 2.73. The van der Waals surface area contributed by atoms with Gasteiger partial charge in [-0.05, 0) is 52.2 Å². The number of carbonyl (C=O) groups is 1. The van der Waals surface area contributed by atoms with Crippen LogP contribution >= 0.6 is 11.8 Å². The van der Waals surface area contributed by atoms with Crippen molar-refractivity contribution >= 4 is 23.4 Å². The molecule has 1 aromatic heterocycles. The lowest BCUT2D eigenvalue weighted by Crippen LogP contribution is -2.23. The number of hydrogen-bond acceptors (Lipinski definition) is 4. The Bertz CT molecular complexity index is 751. The van der Waals surface area contributed by atoms with E-state index in [-0.39, 0.29) is 11.2 Å². The average molecular weight is 344 g/mol. The van der Waals surface area contributed by atoms with Crippen molar-refractivity contribution in [3.05, 3.63) is 35.2 Å². The molecule has 1 N–H and O–H groups in total. The van der Waals surface area contributed by atoms with Gasteiger partial charge in [0.2, 0.25) is 5.91 Å². The molecule has 1 saturated carbocycles. The molecule has 1 fully saturated rings. The summed E-state index contributed by atoms with van der Waals surface area (Å²) in [7, 11) is 0. The number of thioether (sulfide) groups is 1. The van der Waals surface area contributed by atoms with Crippen LogP contribution < -0.4 is 5.32 Å². The van der Waals surface area contributed by atoms with E-state index in [9.17, 15) is 4.79 Å². The van der Waals surface area contributed by atoms with Crippen LogP contribution in [0.25, 0.3) is 0 Å². The molecular formula is C18H24N4OS. The maximum Gasteiger partial charge on any atom is 0.237 e. The van der Waals surface area contributed by atoms with Crippen molar-refractivity contribution in [3.8, 4) is 0 Å². The molecular weight excluding hydrogens is 320 g/mol. The van der Waals surface area contributed by atoms with Crippen LogP contribution in [0.15, 0.2) is 23.4 Å². The summed E-state index contributed by atoms with van der Waals surface area (Å²) in [6.45, 7) is 8.91. The van der Waals surface area contributed by atoms with Gasteiger partial charge in [-0.3, -0.25) is 4.79 Å². The summed E-state index contributed by atoms with van der Waals surface area (Å²) < 4.78 is 2.14. The number of amides is 1. The van der Waals surface area contributed by atoms with Gasteiger partial charge in [0.15, 0.2) is 5.16 Å². The van der Waals surface area contributed by atoms with Gasteiger partial charge in [-0.15, -0.1) is 10.2 Å². The lowest BCUT2D eigenvalue weighted by Gasteiger charge is -2.14. The number of aromatic nitrogens is 3.